The molecule has 2 atom stereocenters. The van der Waals surface area contributed by atoms with Gasteiger partial charge in [0.2, 0.25) is 0 Å². The summed E-state index contributed by atoms with van der Waals surface area (Å²) in [6.07, 6.45) is 5.81. The van der Waals surface area contributed by atoms with Crippen molar-refractivity contribution in [2.45, 2.75) is 50.9 Å². The van der Waals surface area contributed by atoms with Gasteiger partial charge in [0, 0.05) is 42.1 Å². The molecule has 3 N–H and O–H groups in total. The lowest BCUT2D eigenvalue weighted by molar-refractivity contribution is 0.0623. The van der Waals surface area contributed by atoms with E-state index in [-0.39, 0.29) is 18.1 Å². The van der Waals surface area contributed by atoms with Gasteiger partial charge in [0.05, 0.1) is 17.9 Å². The van der Waals surface area contributed by atoms with Crippen LogP contribution in [0.3, 0.4) is 0 Å². The monoisotopic (exact) mass is 471 g/mol. The van der Waals surface area contributed by atoms with Crippen molar-refractivity contribution >= 4 is 28.2 Å². The number of carbonyl (C=O) groups is 1. The molecular weight excluding hydrogens is 438 g/mol. The molecule has 1 saturated carbocycles. The first-order valence-electron chi connectivity index (χ1n) is 13.1. The number of aromatic nitrogens is 1. The maximum Gasteiger partial charge on any atom is 0.254 e. The highest BCUT2D eigenvalue weighted by atomic mass is 16.5. The van der Waals surface area contributed by atoms with Crippen molar-refractivity contribution in [1.82, 2.24) is 9.47 Å². The lowest BCUT2D eigenvalue weighted by Gasteiger charge is -2.35. The molecule has 4 aliphatic rings. The van der Waals surface area contributed by atoms with Gasteiger partial charge in [-0.25, -0.2) is 0 Å². The van der Waals surface area contributed by atoms with Gasteiger partial charge in [-0.05, 0) is 62.3 Å². The minimum Gasteiger partial charge on any atom is -0.489 e. The number of fused-ring (bicyclic) bond motifs is 1. The molecule has 1 amide bonds. The number of para-hydroxylation sites is 1. The Morgan fingerprint density at radius 1 is 1.09 bits per heavy atom. The topological polar surface area (TPSA) is 75.8 Å². The van der Waals surface area contributed by atoms with Crippen LogP contribution in [0.1, 0.15) is 54.3 Å². The van der Waals surface area contributed by atoms with Crippen molar-refractivity contribution < 1.29 is 9.53 Å². The zero-order valence-corrected chi connectivity index (χ0v) is 20.1. The normalized spacial score (nSPS) is 23.2. The van der Waals surface area contributed by atoms with Gasteiger partial charge in [0.15, 0.2) is 0 Å². The molecule has 7 nitrogen and oxygen atoms in total. The largest absolute Gasteiger partial charge is 0.489 e. The van der Waals surface area contributed by atoms with Crippen LogP contribution in [0.25, 0.3) is 10.9 Å². The Morgan fingerprint density at radius 3 is 2.83 bits per heavy atom. The number of piperidine rings is 1. The summed E-state index contributed by atoms with van der Waals surface area (Å²) in [6, 6.07) is 15.1. The van der Waals surface area contributed by atoms with Crippen LogP contribution in [0, 0.1) is 5.92 Å². The first-order chi connectivity index (χ1) is 17.2. The Bertz CT molecular complexity index is 1300. The number of amides is 1. The van der Waals surface area contributed by atoms with E-state index in [1.54, 1.807) is 0 Å². The highest BCUT2D eigenvalue weighted by Gasteiger charge is 2.39. The summed E-state index contributed by atoms with van der Waals surface area (Å²) < 4.78 is 8.62. The number of hydrogen-bond donors (Lipinski definition) is 2. The molecule has 0 radical (unpaired) electrons. The molecule has 1 aliphatic carbocycles. The van der Waals surface area contributed by atoms with Gasteiger partial charge in [-0.15, -0.1) is 0 Å². The fourth-order valence-electron chi connectivity index (χ4n) is 6.23. The van der Waals surface area contributed by atoms with Crippen LogP contribution < -0.4 is 20.7 Å². The number of ether oxygens (including phenoxy) is 1. The first-order valence-corrected chi connectivity index (χ1v) is 13.1. The maximum atomic E-state index is 13.6. The van der Waals surface area contributed by atoms with Crippen molar-refractivity contribution in [2.75, 3.05) is 36.5 Å². The van der Waals surface area contributed by atoms with Gasteiger partial charge in [-0.1, -0.05) is 18.2 Å². The second-order valence-corrected chi connectivity index (χ2v) is 10.5. The number of carbonyl (C=O) groups excluding carboxylic acids is 1. The number of likely N-dealkylation sites (tertiary alicyclic amines) is 1. The zero-order valence-electron chi connectivity index (χ0n) is 20.1. The number of rotatable bonds is 5. The minimum absolute atomic E-state index is 0.0240. The summed E-state index contributed by atoms with van der Waals surface area (Å²) in [6.45, 7) is 3.78. The third kappa shape index (κ3) is 3.47. The van der Waals surface area contributed by atoms with Gasteiger partial charge in [-0.3, -0.25) is 4.79 Å². The molecule has 3 aliphatic heterocycles. The lowest BCUT2D eigenvalue weighted by Crippen LogP contribution is -2.47. The summed E-state index contributed by atoms with van der Waals surface area (Å²) in [5.74, 6) is 1.64. The van der Waals surface area contributed by atoms with Crippen LogP contribution >= 0.6 is 0 Å². The summed E-state index contributed by atoms with van der Waals surface area (Å²) in [5.41, 5.74) is 11.3. The Labute approximate surface area is 205 Å². The molecule has 4 heterocycles. The molecule has 182 valence electrons. The van der Waals surface area contributed by atoms with Gasteiger partial charge in [0.25, 0.3) is 5.91 Å². The van der Waals surface area contributed by atoms with Crippen molar-refractivity contribution in [3.8, 4) is 5.75 Å². The second-order valence-electron chi connectivity index (χ2n) is 10.5. The highest BCUT2D eigenvalue weighted by Crippen LogP contribution is 2.50. The summed E-state index contributed by atoms with van der Waals surface area (Å²) in [7, 11) is 0. The molecular formula is C28H33N5O2. The number of benzene rings is 2. The number of hydrogen-bond acceptors (Lipinski definition) is 5. The fraction of sp³-hybridized carbons (Fsp3) is 0.464. The summed E-state index contributed by atoms with van der Waals surface area (Å²) >= 11 is 0. The maximum absolute atomic E-state index is 13.6. The molecule has 1 aromatic heterocycles. The summed E-state index contributed by atoms with van der Waals surface area (Å²) in [4.78, 5) is 17.9. The predicted octanol–water partition coefficient (Wildman–Crippen LogP) is 4.33. The van der Waals surface area contributed by atoms with Gasteiger partial charge in [-0.2, -0.15) is 0 Å². The standard InChI is InChI=1S/C28H33N5O2/c29-16-21-6-3-4-10-31(21)28(34)20-13-22-26-25(15-20)35-12-11-32(26)27(30-22)24-14-19-5-1-2-7-23(19)33(24)17-18-8-9-18/h1-2,5,7,13-15,18,21,27,30H,3-4,6,8-12,16-17,29H2. The second kappa shape index (κ2) is 8.19. The quantitative estimate of drug-likeness (QED) is 0.579. The van der Waals surface area contributed by atoms with E-state index in [2.05, 4.69) is 45.1 Å². The van der Waals surface area contributed by atoms with E-state index < -0.39 is 0 Å². The lowest BCUT2D eigenvalue weighted by atomic mass is 10.0. The average Bonchev–Trinajstić information content (AvgIpc) is 3.55. The van der Waals surface area contributed by atoms with Crippen LogP contribution in [-0.2, 0) is 6.54 Å². The predicted molar refractivity (Wildman–Crippen MR) is 138 cm³/mol. The van der Waals surface area contributed by atoms with Gasteiger partial charge >= 0.3 is 0 Å². The van der Waals surface area contributed by atoms with Crippen LogP contribution in [-0.4, -0.2) is 47.7 Å². The molecule has 7 heteroatoms. The SMILES string of the molecule is NCC1CCCCN1C(=O)c1cc2c3c(c1)OCCN3C(c1cc3ccccc3n1CC1CC1)N2. The van der Waals surface area contributed by atoms with Crippen molar-refractivity contribution in [2.24, 2.45) is 11.7 Å². The smallest absolute Gasteiger partial charge is 0.254 e. The third-order valence-electron chi connectivity index (χ3n) is 8.22. The molecule has 0 spiro atoms. The number of nitrogens with zero attached hydrogens (tertiary/aromatic N) is 3. The highest BCUT2D eigenvalue weighted by molar-refractivity contribution is 5.99. The van der Waals surface area contributed by atoms with E-state index in [1.165, 1.54) is 29.4 Å². The zero-order chi connectivity index (χ0) is 23.5. The van der Waals surface area contributed by atoms with Crippen LogP contribution in [0.5, 0.6) is 5.75 Å². The Morgan fingerprint density at radius 2 is 1.97 bits per heavy atom. The van der Waals surface area contributed by atoms with E-state index in [0.29, 0.717) is 18.7 Å². The number of anilines is 2. The Balaban J connectivity index is 1.27. The molecule has 1 saturated heterocycles. The van der Waals surface area contributed by atoms with E-state index >= 15 is 0 Å². The average molecular weight is 472 g/mol. The van der Waals surface area contributed by atoms with Gasteiger partial charge < -0.3 is 30.2 Å². The molecule has 2 aromatic carbocycles. The fourth-order valence-corrected chi connectivity index (χ4v) is 6.23. The Kier molecular flexibility index (Phi) is 4.94. The van der Waals surface area contributed by atoms with E-state index in [9.17, 15) is 4.79 Å². The summed E-state index contributed by atoms with van der Waals surface area (Å²) in [5, 5.41) is 5.06. The van der Waals surface area contributed by atoms with Crippen molar-refractivity contribution in [3.63, 3.8) is 0 Å². The number of nitrogens with one attached hydrogen (secondary N) is 1. The molecule has 7 rings (SSSR count). The van der Waals surface area contributed by atoms with Crippen LogP contribution in [0.4, 0.5) is 11.4 Å². The molecule has 2 unspecified atom stereocenters. The van der Waals surface area contributed by atoms with Crippen LogP contribution in [0.2, 0.25) is 0 Å². The van der Waals surface area contributed by atoms with E-state index in [4.69, 9.17) is 10.5 Å². The Hall–Kier alpha value is -3.19. The van der Waals surface area contributed by atoms with Gasteiger partial charge in [0.1, 0.15) is 24.2 Å². The van der Waals surface area contributed by atoms with Crippen molar-refractivity contribution in [1.29, 1.82) is 0 Å². The van der Waals surface area contributed by atoms with Crippen molar-refractivity contribution in [3.05, 3.63) is 53.7 Å². The molecule has 3 aromatic rings. The third-order valence-corrected chi connectivity index (χ3v) is 8.22. The van der Waals surface area contributed by atoms with E-state index in [1.807, 2.05) is 17.0 Å². The molecule has 2 fully saturated rings. The molecule has 0 bridgehead atoms. The van der Waals surface area contributed by atoms with E-state index in [0.717, 1.165) is 61.9 Å². The minimum atomic E-state index is 0.0240. The number of nitrogens with two attached hydrogens (primary N) is 1. The molecule has 35 heavy (non-hydrogen) atoms. The van der Waals surface area contributed by atoms with Crippen LogP contribution in [0.15, 0.2) is 42.5 Å². The first kappa shape index (κ1) is 21.1.